The van der Waals surface area contributed by atoms with E-state index in [0.29, 0.717) is 19.4 Å². The lowest BCUT2D eigenvalue weighted by atomic mass is 10.1. The molecule has 0 amide bonds. The predicted molar refractivity (Wildman–Crippen MR) is 60.1 cm³/mol. The van der Waals surface area contributed by atoms with E-state index >= 15 is 0 Å². The average molecular weight is 198 g/mol. The molecule has 0 spiro atoms. The highest BCUT2D eigenvalue weighted by Gasteiger charge is 2.23. The van der Waals surface area contributed by atoms with Crippen LogP contribution in [0.4, 0.5) is 0 Å². The number of allylic oxidation sites excluding steroid dienone is 1. The molecule has 2 nitrogen and oxygen atoms in total. The summed E-state index contributed by atoms with van der Waals surface area (Å²) in [5.74, 6) is -1.04. The summed E-state index contributed by atoms with van der Waals surface area (Å²) in [5.41, 5.74) is 1.21. The summed E-state index contributed by atoms with van der Waals surface area (Å²) < 4.78 is 5.48. The van der Waals surface area contributed by atoms with Crippen molar-refractivity contribution in [2.24, 2.45) is 0 Å². The maximum absolute atomic E-state index is 9.94. The molecule has 0 bridgehead atoms. The fraction of sp³-hybridized carbons (Fsp3) is 0.667. The van der Waals surface area contributed by atoms with Gasteiger partial charge in [0.2, 0.25) is 0 Å². The van der Waals surface area contributed by atoms with Gasteiger partial charge in [-0.3, -0.25) is 0 Å². The molecule has 0 aromatic rings. The number of ether oxygens (including phenoxy) is 1. The van der Waals surface area contributed by atoms with E-state index < -0.39 is 5.79 Å². The van der Waals surface area contributed by atoms with Crippen LogP contribution in [0.25, 0.3) is 0 Å². The zero-order valence-corrected chi connectivity index (χ0v) is 9.55. The number of hydrogen-bond donors (Lipinski definition) is 1. The SMILES string of the molecule is C=CCC(O)(CC)OCC(=CC)CC. The van der Waals surface area contributed by atoms with E-state index in [9.17, 15) is 5.11 Å². The van der Waals surface area contributed by atoms with E-state index in [1.54, 1.807) is 6.08 Å². The highest BCUT2D eigenvalue weighted by atomic mass is 16.6. The van der Waals surface area contributed by atoms with Gasteiger partial charge in [0.1, 0.15) is 0 Å². The number of rotatable bonds is 7. The molecule has 14 heavy (non-hydrogen) atoms. The first-order chi connectivity index (χ1) is 6.61. The van der Waals surface area contributed by atoms with Crippen molar-refractivity contribution >= 4 is 0 Å². The minimum atomic E-state index is -1.04. The Bertz CT molecular complexity index is 196. The Morgan fingerprint density at radius 2 is 2.14 bits per heavy atom. The van der Waals surface area contributed by atoms with Crippen LogP contribution >= 0.6 is 0 Å². The minimum absolute atomic E-state index is 0.476. The second-order valence-electron chi connectivity index (χ2n) is 3.38. The first kappa shape index (κ1) is 13.4. The van der Waals surface area contributed by atoms with Gasteiger partial charge in [0, 0.05) is 6.42 Å². The van der Waals surface area contributed by atoms with Crippen LogP contribution in [0.2, 0.25) is 0 Å². The molecule has 0 rings (SSSR count). The van der Waals surface area contributed by atoms with Gasteiger partial charge in [-0.1, -0.05) is 26.0 Å². The highest BCUT2D eigenvalue weighted by molar-refractivity contribution is 4.99. The Morgan fingerprint density at radius 3 is 2.50 bits per heavy atom. The Balaban J connectivity index is 4.12. The van der Waals surface area contributed by atoms with Crippen LogP contribution in [0.5, 0.6) is 0 Å². The lowest BCUT2D eigenvalue weighted by Crippen LogP contribution is -2.31. The molecule has 1 atom stereocenters. The number of aliphatic hydroxyl groups is 1. The monoisotopic (exact) mass is 198 g/mol. The minimum Gasteiger partial charge on any atom is -0.365 e. The van der Waals surface area contributed by atoms with Crippen LogP contribution in [0.15, 0.2) is 24.3 Å². The second kappa shape index (κ2) is 6.80. The molecule has 2 heteroatoms. The van der Waals surface area contributed by atoms with Gasteiger partial charge in [0.25, 0.3) is 0 Å². The molecule has 1 N–H and O–H groups in total. The lowest BCUT2D eigenvalue weighted by Gasteiger charge is -2.26. The maximum atomic E-state index is 9.94. The van der Waals surface area contributed by atoms with E-state index in [4.69, 9.17) is 4.74 Å². The molecule has 0 aromatic carbocycles. The Labute approximate surface area is 87.3 Å². The van der Waals surface area contributed by atoms with Crippen LogP contribution in [-0.2, 0) is 4.74 Å². The summed E-state index contributed by atoms with van der Waals surface area (Å²) in [6, 6.07) is 0. The quantitative estimate of drug-likeness (QED) is 0.503. The molecule has 0 saturated carbocycles. The second-order valence-corrected chi connectivity index (χ2v) is 3.38. The third kappa shape index (κ3) is 4.58. The van der Waals surface area contributed by atoms with Crippen molar-refractivity contribution in [1.29, 1.82) is 0 Å². The van der Waals surface area contributed by atoms with Crippen molar-refractivity contribution in [3.05, 3.63) is 24.3 Å². The van der Waals surface area contributed by atoms with E-state index in [1.165, 1.54) is 5.57 Å². The first-order valence-corrected chi connectivity index (χ1v) is 5.23. The molecule has 0 radical (unpaired) electrons. The van der Waals surface area contributed by atoms with Gasteiger partial charge >= 0.3 is 0 Å². The van der Waals surface area contributed by atoms with E-state index in [0.717, 1.165) is 6.42 Å². The summed E-state index contributed by atoms with van der Waals surface area (Å²) in [4.78, 5) is 0. The Kier molecular flexibility index (Phi) is 6.50. The van der Waals surface area contributed by atoms with Gasteiger partial charge in [-0.25, -0.2) is 0 Å². The largest absolute Gasteiger partial charge is 0.365 e. The summed E-state index contributed by atoms with van der Waals surface area (Å²) in [7, 11) is 0. The smallest absolute Gasteiger partial charge is 0.169 e. The fourth-order valence-electron chi connectivity index (χ4n) is 1.15. The molecule has 82 valence electrons. The zero-order chi connectivity index (χ0) is 11.0. The third-order valence-electron chi connectivity index (χ3n) is 2.40. The van der Waals surface area contributed by atoms with E-state index in [-0.39, 0.29) is 0 Å². The van der Waals surface area contributed by atoms with Crippen LogP contribution in [-0.4, -0.2) is 17.5 Å². The molecule has 0 aliphatic carbocycles. The molecule has 0 aliphatic rings. The molecule has 0 aromatic heterocycles. The van der Waals surface area contributed by atoms with Crippen LogP contribution in [0, 0.1) is 0 Å². The molecule has 0 fully saturated rings. The van der Waals surface area contributed by atoms with E-state index in [1.807, 2.05) is 19.9 Å². The lowest BCUT2D eigenvalue weighted by molar-refractivity contribution is -0.196. The van der Waals surface area contributed by atoms with Crippen molar-refractivity contribution in [3.63, 3.8) is 0 Å². The molecule has 0 saturated heterocycles. The van der Waals surface area contributed by atoms with Gasteiger partial charge < -0.3 is 9.84 Å². The van der Waals surface area contributed by atoms with Crippen molar-refractivity contribution in [2.45, 2.75) is 45.8 Å². The molecule has 0 aliphatic heterocycles. The number of hydrogen-bond acceptors (Lipinski definition) is 2. The summed E-state index contributed by atoms with van der Waals surface area (Å²) >= 11 is 0. The fourth-order valence-corrected chi connectivity index (χ4v) is 1.15. The standard InChI is InChI=1S/C12H22O2/c1-5-9-12(13,8-4)14-10-11(6-2)7-3/h5-6,13H,1,7-10H2,2-4H3. The average Bonchev–Trinajstić information content (AvgIpc) is 2.20. The van der Waals surface area contributed by atoms with E-state index in [2.05, 4.69) is 13.5 Å². The van der Waals surface area contributed by atoms with Crippen molar-refractivity contribution in [2.75, 3.05) is 6.61 Å². The maximum Gasteiger partial charge on any atom is 0.169 e. The van der Waals surface area contributed by atoms with Crippen molar-refractivity contribution in [1.82, 2.24) is 0 Å². The van der Waals surface area contributed by atoms with Crippen molar-refractivity contribution < 1.29 is 9.84 Å². The summed E-state index contributed by atoms with van der Waals surface area (Å²) in [6.45, 7) is 10.1. The predicted octanol–water partition coefficient (Wildman–Crippen LogP) is 3.03. The Hall–Kier alpha value is -0.600. The zero-order valence-electron chi connectivity index (χ0n) is 9.55. The molecular weight excluding hydrogens is 176 g/mol. The molecule has 0 heterocycles. The van der Waals surface area contributed by atoms with Gasteiger partial charge in [0.15, 0.2) is 5.79 Å². The molecule has 1 unspecified atom stereocenters. The van der Waals surface area contributed by atoms with Crippen LogP contribution in [0.3, 0.4) is 0 Å². The van der Waals surface area contributed by atoms with Crippen molar-refractivity contribution in [3.8, 4) is 0 Å². The van der Waals surface area contributed by atoms with Gasteiger partial charge in [-0.05, 0) is 25.3 Å². The third-order valence-corrected chi connectivity index (χ3v) is 2.40. The summed E-state index contributed by atoms with van der Waals surface area (Å²) in [5, 5.41) is 9.94. The highest BCUT2D eigenvalue weighted by Crippen LogP contribution is 2.18. The Morgan fingerprint density at radius 1 is 1.50 bits per heavy atom. The first-order valence-electron chi connectivity index (χ1n) is 5.23. The van der Waals surface area contributed by atoms with Crippen LogP contribution in [0.1, 0.15) is 40.0 Å². The van der Waals surface area contributed by atoms with Gasteiger partial charge in [-0.15, -0.1) is 6.58 Å². The topological polar surface area (TPSA) is 29.5 Å². The normalized spacial score (nSPS) is 16.4. The van der Waals surface area contributed by atoms with Gasteiger partial charge in [-0.2, -0.15) is 0 Å². The van der Waals surface area contributed by atoms with Gasteiger partial charge in [0.05, 0.1) is 6.61 Å². The summed E-state index contributed by atoms with van der Waals surface area (Å²) in [6.07, 6.45) is 5.74. The van der Waals surface area contributed by atoms with Crippen LogP contribution < -0.4 is 0 Å². The molecular formula is C12H22O2.